The van der Waals surface area contributed by atoms with Crippen LogP contribution < -0.4 is 5.73 Å². The number of carbonyl (C=O) groups is 1. The molecule has 1 atom stereocenters. The maximum absolute atomic E-state index is 13.9. The summed E-state index contributed by atoms with van der Waals surface area (Å²) in [6.07, 6.45) is 1.17. The Morgan fingerprint density at radius 2 is 2.30 bits per heavy atom. The number of nitrogens with two attached hydrogens (primary N) is 1. The normalized spacial score (nSPS) is 19.6. The van der Waals surface area contributed by atoms with Crippen LogP contribution in [-0.2, 0) is 6.54 Å². The number of hydrogen-bond donors (Lipinski definition) is 1. The maximum atomic E-state index is 13.9. The van der Waals surface area contributed by atoms with Crippen molar-refractivity contribution < 1.29 is 13.6 Å². The van der Waals surface area contributed by atoms with Gasteiger partial charge in [0.1, 0.15) is 0 Å². The molecule has 0 aliphatic carbocycles. The summed E-state index contributed by atoms with van der Waals surface area (Å²) < 4.78 is 29.5. The molecule has 3 aromatic rings. The third kappa shape index (κ3) is 3.57. The Hall–Kier alpha value is -2.39. The molecule has 0 spiro atoms. The van der Waals surface area contributed by atoms with Crippen LogP contribution in [0.2, 0.25) is 0 Å². The van der Waals surface area contributed by atoms with Crippen molar-refractivity contribution in [3.05, 3.63) is 45.9 Å². The fourth-order valence-electron chi connectivity index (χ4n) is 3.48. The lowest BCUT2D eigenvalue weighted by Gasteiger charge is -2.36. The Balaban J connectivity index is 1.71. The van der Waals surface area contributed by atoms with E-state index in [1.807, 2.05) is 17.5 Å². The number of aryl methyl sites for hydroxylation is 1. The van der Waals surface area contributed by atoms with E-state index in [2.05, 4.69) is 10.1 Å². The predicted molar refractivity (Wildman–Crippen MR) is 99.1 cm³/mol. The van der Waals surface area contributed by atoms with E-state index in [-0.39, 0.29) is 6.54 Å². The van der Waals surface area contributed by atoms with Crippen LogP contribution in [0.4, 0.5) is 8.78 Å². The molecule has 4 rings (SSSR count). The van der Waals surface area contributed by atoms with Gasteiger partial charge in [0, 0.05) is 29.6 Å². The molecule has 1 amide bonds. The van der Waals surface area contributed by atoms with Crippen molar-refractivity contribution in [2.75, 3.05) is 13.1 Å². The summed E-state index contributed by atoms with van der Waals surface area (Å²) in [5.41, 5.74) is 7.27. The number of fused-ring (bicyclic) bond motifs is 1. The van der Waals surface area contributed by atoms with Gasteiger partial charge in [-0.05, 0) is 24.4 Å². The smallest absolute Gasteiger partial charge is 0.266 e. The Kier molecular flexibility index (Phi) is 4.43. The Labute approximate surface area is 158 Å². The zero-order valence-corrected chi connectivity index (χ0v) is 15.5. The van der Waals surface area contributed by atoms with Crippen LogP contribution >= 0.6 is 11.3 Å². The number of thiophene rings is 1. The summed E-state index contributed by atoms with van der Waals surface area (Å²) in [6, 6.07) is 4.84. The summed E-state index contributed by atoms with van der Waals surface area (Å²) in [4.78, 5) is 19.8. The number of carbonyl (C=O) groups excluding carboxylic acids is 1. The number of aromatic nitrogens is 3. The first-order valence-corrected chi connectivity index (χ1v) is 9.48. The fourth-order valence-corrected chi connectivity index (χ4v) is 4.17. The quantitative estimate of drug-likeness (QED) is 0.745. The third-order valence-electron chi connectivity index (χ3n) is 4.58. The highest BCUT2D eigenvalue weighted by Crippen LogP contribution is 2.29. The van der Waals surface area contributed by atoms with Crippen LogP contribution in [0.3, 0.4) is 0 Å². The zero-order chi connectivity index (χ0) is 19.2. The van der Waals surface area contributed by atoms with Crippen molar-refractivity contribution in [2.24, 2.45) is 5.73 Å². The van der Waals surface area contributed by atoms with Gasteiger partial charge in [-0.25, -0.2) is 18.4 Å². The number of alkyl halides is 2. The van der Waals surface area contributed by atoms with E-state index in [0.717, 1.165) is 9.78 Å². The lowest BCUT2D eigenvalue weighted by Crippen LogP contribution is -2.54. The number of hydrogen-bond acceptors (Lipinski definition) is 5. The molecule has 3 aromatic heterocycles. The van der Waals surface area contributed by atoms with E-state index in [4.69, 9.17) is 5.73 Å². The molecule has 2 N–H and O–H groups in total. The average molecular weight is 391 g/mol. The number of halogens is 2. The number of nitrogens with zero attached hydrogens (tertiary/aromatic N) is 4. The third-order valence-corrected chi connectivity index (χ3v) is 5.44. The van der Waals surface area contributed by atoms with Crippen LogP contribution in [0, 0.1) is 6.92 Å². The second kappa shape index (κ2) is 6.65. The molecule has 6 nitrogen and oxygen atoms in total. The van der Waals surface area contributed by atoms with Crippen LogP contribution in [0.5, 0.6) is 0 Å². The Bertz CT molecular complexity index is 985. The topological polar surface area (TPSA) is 77.0 Å². The number of rotatable bonds is 3. The molecule has 27 heavy (non-hydrogen) atoms. The van der Waals surface area contributed by atoms with Gasteiger partial charge in [-0.2, -0.15) is 5.10 Å². The zero-order valence-electron chi connectivity index (χ0n) is 14.7. The van der Waals surface area contributed by atoms with Crippen molar-refractivity contribution in [3.63, 3.8) is 0 Å². The molecule has 142 valence electrons. The largest absolute Gasteiger partial charge is 0.331 e. The van der Waals surface area contributed by atoms with Gasteiger partial charge in [-0.3, -0.25) is 4.79 Å². The first-order valence-electron chi connectivity index (χ1n) is 8.61. The highest BCUT2D eigenvalue weighted by atomic mass is 32.1. The van der Waals surface area contributed by atoms with Gasteiger partial charge in [0.05, 0.1) is 30.2 Å². The minimum Gasteiger partial charge on any atom is -0.331 e. The summed E-state index contributed by atoms with van der Waals surface area (Å²) >= 11 is 1.61. The molecule has 9 heteroatoms. The van der Waals surface area contributed by atoms with E-state index in [1.54, 1.807) is 35.2 Å². The molecule has 1 fully saturated rings. The van der Waals surface area contributed by atoms with Gasteiger partial charge in [0.25, 0.3) is 11.8 Å². The van der Waals surface area contributed by atoms with E-state index < -0.39 is 30.8 Å². The summed E-state index contributed by atoms with van der Waals surface area (Å²) in [6.45, 7) is 1.81. The first-order chi connectivity index (χ1) is 12.8. The lowest BCUT2D eigenvalue weighted by atomic mass is 10.0. The standard InChI is InChI=1S/C18H19F2N5OS/c1-11-5-14(17(26)24-8-12(21)6-18(19,20)10-24)15-7-22-25(16(15)23-11)9-13-3-2-4-27-13/h2-5,7,12H,6,8-10,21H2,1H3. The lowest BCUT2D eigenvalue weighted by molar-refractivity contribution is -0.0621. The number of pyridine rings is 1. The minimum atomic E-state index is -2.97. The molecule has 0 radical (unpaired) electrons. The molecule has 0 bridgehead atoms. The summed E-state index contributed by atoms with van der Waals surface area (Å²) in [5.74, 6) is -3.44. The summed E-state index contributed by atoms with van der Waals surface area (Å²) in [7, 11) is 0. The van der Waals surface area contributed by atoms with Crippen LogP contribution in [-0.4, -0.2) is 50.6 Å². The number of likely N-dealkylation sites (tertiary alicyclic amines) is 1. The second-order valence-electron chi connectivity index (χ2n) is 6.94. The SMILES string of the molecule is Cc1cc(C(=O)N2CC(N)CC(F)(F)C2)c2cnn(Cc3cccs3)c2n1. The summed E-state index contributed by atoms with van der Waals surface area (Å²) in [5, 5.41) is 6.90. The van der Waals surface area contributed by atoms with Crippen LogP contribution in [0.1, 0.15) is 27.3 Å². The maximum Gasteiger partial charge on any atom is 0.266 e. The van der Waals surface area contributed by atoms with Gasteiger partial charge in [-0.1, -0.05) is 6.07 Å². The highest BCUT2D eigenvalue weighted by molar-refractivity contribution is 7.09. The molecular formula is C18H19F2N5OS. The van der Waals surface area contributed by atoms with Crippen molar-refractivity contribution >= 4 is 28.3 Å². The first kappa shape index (κ1) is 18.0. The minimum absolute atomic E-state index is 0.112. The molecular weight excluding hydrogens is 372 g/mol. The molecule has 0 saturated carbocycles. The second-order valence-corrected chi connectivity index (χ2v) is 7.97. The van der Waals surface area contributed by atoms with Gasteiger partial charge < -0.3 is 10.6 Å². The van der Waals surface area contributed by atoms with Gasteiger partial charge in [-0.15, -0.1) is 11.3 Å². The van der Waals surface area contributed by atoms with Crippen LogP contribution in [0.25, 0.3) is 11.0 Å². The van der Waals surface area contributed by atoms with E-state index >= 15 is 0 Å². The molecule has 4 heterocycles. The number of piperidine rings is 1. The van der Waals surface area contributed by atoms with Gasteiger partial charge >= 0.3 is 0 Å². The Morgan fingerprint density at radius 1 is 1.48 bits per heavy atom. The molecule has 1 saturated heterocycles. The molecule has 1 aliphatic rings. The van der Waals surface area contributed by atoms with Gasteiger partial charge in [0.15, 0.2) is 5.65 Å². The van der Waals surface area contributed by atoms with Gasteiger partial charge in [0.2, 0.25) is 0 Å². The number of amides is 1. The highest BCUT2D eigenvalue weighted by Gasteiger charge is 2.41. The van der Waals surface area contributed by atoms with E-state index in [9.17, 15) is 13.6 Å². The van der Waals surface area contributed by atoms with Crippen molar-refractivity contribution in [2.45, 2.75) is 31.9 Å². The predicted octanol–water partition coefficient (Wildman–Crippen LogP) is 2.66. The molecule has 1 aliphatic heterocycles. The molecule has 1 unspecified atom stereocenters. The Morgan fingerprint density at radius 3 is 3.00 bits per heavy atom. The van der Waals surface area contributed by atoms with Crippen LogP contribution in [0.15, 0.2) is 29.8 Å². The fraction of sp³-hybridized carbons (Fsp3) is 0.389. The van der Waals surface area contributed by atoms with Crippen molar-refractivity contribution in [1.82, 2.24) is 19.7 Å². The van der Waals surface area contributed by atoms with E-state index in [0.29, 0.717) is 28.8 Å². The van der Waals surface area contributed by atoms with Crippen molar-refractivity contribution in [1.29, 1.82) is 0 Å². The average Bonchev–Trinajstić information content (AvgIpc) is 3.22. The van der Waals surface area contributed by atoms with Crippen molar-refractivity contribution in [3.8, 4) is 0 Å². The molecule has 0 aromatic carbocycles. The monoisotopic (exact) mass is 391 g/mol. The van der Waals surface area contributed by atoms with E-state index in [1.165, 1.54) is 0 Å².